The molecular formula is C80H83BN2S. The van der Waals surface area contributed by atoms with Gasteiger partial charge in [-0.1, -0.05) is 240 Å². The van der Waals surface area contributed by atoms with Crippen molar-refractivity contribution in [3.05, 3.63) is 262 Å². The minimum atomic E-state index is -0.417. The van der Waals surface area contributed by atoms with Gasteiger partial charge in [-0.15, -0.1) is 11.3 Å². The molecule has 5 aliphatic rings. The Hall–Kier alpha value is -7.40. The van der Waals surface area contributed by atoms with Gasteiger partial charge in [-0.25, -0.2) is 0 Å². The fraction of sp³-hybridized carbons (Fsp3) is 0.300. The summed E-state index contributed by atoms with van der Waals surface area (Å²) in [7, 11) is 0. The number of thiophene rings is 1. The molecule has 0 amide bonds. The Bertz CT molecular complexity index is 4110. The molecule has 13 rings (SSSR count). The molecule has 0 spiro atoms. The van der Waals surface area contributed by atoms with Crippen molar-refractivity contribution in [1.29, 1.82) is 0 Å². The molecule has 7 aromatic carbocycles. The monoisotopic (exact) mass is 1110 g/mol. The maximum absolute atomic E-state index is 5.42. The number of rotatable bonds is 8. The van der Waals surface area contributed by atoms with Crippen molar-refractivity contribution in [2.45, 2.75) is 155 Å². The van der Waals surface area contributed by atoms with Crippen LogP contribution in [-0.4, -0.2) is 12.3 Å². The average Bonchev–Trinajstić information content (AvgIpc) is 1.25. The average molecular weight is 1120 g/mol. The van der Waals surface area contributed by atoms with Gasteiger partial charge in [0, 0.05) is 37.6 Å². The van der Waals surface area contributed by atoms with Crippen LogP contribution in [0.5, 0.6) is 0 Å². The molecule has 0 fully saturated rings. The minimum Gasteiger partial charge on any atom is -0.336 e. The molecule has 1 unspecified atom stereocenters. The summed E-state index contributed by atoms with van der Waals surface area (Å²) in [5.41, 5.74) is 25.4. The zero-order valence-electron chi connectivity index (χ0n) is 52.1. The van der Waals surface area contributed by atoms with Crippen LogP contribution in [0, 0.1) is 0 Å². The third kappa shape index (κ3) is 9.47. The van der Waals surface area contributed by atoms with Crippen molar-refractivity contribution in [1.82, 2.24) is 0 Å². The van der Waals surface area contributed by atoms with Crippen LogP contribution >= 0.6 is 11.3 Å². The van der Waals surface area contributed by atoms with Crippen molar-refractivity contribution < 1.29 is 0 Å². The van der Waals surface area contributed by atoms with E-state index in [1.807, 2.05) is 11.3 Å². The van der Waals surface area contributed by atoms with Gasteiger partial charge in [0.15, 0.2) is 0 Å². The van der Waals surface area contributed by atoms with Crippen LogP contribution in [0.1, 0.15) is 167 Å². The minimum absolute atomic E-state index is 0.00509. The first kappa shape index (κ1) is 55.8. The molecule has 0 radical (unpaired) electrons. The summed E-state index contributed by atoms with van der Waals surface area (Å²) in [6, 6.07) is 62.3. The summed E-state index contributed by atoms with van der Waals surface area (Å²) in [5.74, 6) is 0. The first-order valence-corrected chi connectivity index (χ1v) is 31.8. The van der Waals surface area contributed by atoms with E-state index in [9.17, 15) is 0 Å². The Morgan fingerprint density at radius 2 is 1.19 bits per heavy atom. The fourth-order valence-corrected chi connectivity index (χ4v) is 16.2. The van der Waals surface area contributed by atoms with Crippen LogP contribution in [0.4, 0.5) is 17.1 Å². The molecule has 4 heteroatoms. The van der Waals surface area contributed by atoms with Gasteiger partial charge in [0.05, 0.1) is 11.2 Å². The highest BCUT2D eigenvalue weighted by molar-refractivity contribution is 7.32. The lowest BCUT2D eigenvalue weighted by atomic mass is 9.32. The standard InChI is InChI=1S/C80H83BN2S/c1-52(83(61-34-30-57(31-35-61)55-23-17-15-18-24-55)80(14)41-39-58(40-42-80)56-25-19-16-20-26-56)47-70-72-53(2)63(48-54-29-38-65-66(49-54)77(8,9)44-43-76(65,6)7)64-50-67-68(79(12,13)46-45-78(67,10)11)51-69(64)81(72)74-73(62-27-21-22-28-71(62)84-74)82(70)60-36-32-59(33-37-60)75(3,4)5/h15-41,47-51H,2,42-46H2,1,3-14H3/b52-47+,63-48-. The Balaban J connectivity index is 1.11. The van der Waals surface area contributed by atoms with Gasteiger partial charge in [0.25, 0.3) is 6.71 Å². The topological polar surface area (TPSA) is 6.48 Å². The number of fused-ring (bicyclic) bond motifs is 9. The second kappa shape index (κ2) is 20.1. The molecule has 8 aromatic rings. The van der Waals surface area contributed by atoms with E-state index < -0.39 is 5.54 Å². The summed E-state index contributed by atoms with van der Waals surface area (Å²) >= 11 is 1.97. The predicted octanol–water partition coefficient (Wildman–Crippen LogP) is 20.4. The SMILES string of the molecule is C=C1C2=C(/C=C(\C)N(c3ccc(-c4ccccc4)cc3)C3(C)C=CC(c4ccccc4)=CC3)N(c3ccc(C(C)(C)C)cc3)c3c(sc4ccccc34)B2c2cc3c(cc2/C1=C\c1ccc2c(c1)C(C)(C)CCC2(C)C)C(C)(C)CCC3(C)C. The quantitative estimate of drug-likeness (QED) is 0.140. The van der Waals surface area contributed by atoms with Crippen LogP contribution in [0.15, 0.2) is 217 Å². The number of hydrogen-bond donors (Lipinski definition) is 0. The Kier molecular flexibility index (Phi) is 13.4. The molecule has 1 aromatic heterocycles. The lowest BCUT2D eigenvalue weighted by molar-refractivity contribution is 0.332. The Morgan fingerprint density at radius 1 is 0.619 bits per heavy atom. The number of nitrogens with zero attached hydrogens (tertiary/aromatic N) is 2. The molecule has 84 heavy (non-hydrogen) atoms. The smallest absolute Gasteiger partial charge is 0.260 e. The summed E-state index contributed by atoms with van der Waals surface area (Å²) < 4.78 is 2.68. The molecule has 3 aliphatic carbocycles. The predicted molar refractivity (Wildman–Crippen MR) is 366 cm³/mol. The molecule has 0 N–H and O–H groups in total. The second-order valence-electron chi connectivity index (χ2n) is 29.0. The van der Waals surface area contributed by atoms with Gasteiger partial charge in [0.1, 0.15) is 0 Å². The van der Waals surface area contributed by atoms with E-state index in [2.05, 4.69) is 294 Å². The fourth-order valence-electron chi connectivity index (χ4n) is 14.9. The van der Waals surface area contributed by atoms with Crippen LogP contribution in [0.25, 0.3) is 38.4 Å². The highest BCUT2D eigenvalue weighted by Gasteiger charge is 2.48. The normalized spacial score (nSPS) is 20.7. The summed E-state index contributed by atoms with van der Waals surface area (Å²) in [6.45, 7) is 36.8. The lowest BCUT2D eigenvalue weighted by Crippen LogP contribution is -2.54. The van der Waals surface area contributed by atoms with E-state index >= 15 is 0 Å². The van der Waals surface area contributed by atoms with Gasteiger partial charge in [-0.3, -0.25) is 0 Å². The molecule has 0 saturated heterocycles. The van der Waals surface area contributed by atoms with Crippen molar-refractivity contribution in [2.75, 3.05) is 9.80 Å². The van der Waals surface area contributed by atoms with Crippen molar-refractivity contribution in [3.8, 4) is 11.1 Å². The molecule has 0 saturated carbocycles. The zero-order valence-corrected chi connectivity index (χ0v) is 52.9. The maximum atomic E-state index is 5.42. The van der Waals surface area contributed by atoms with Crippen LogP contribution < -0.4 is 20.0 Å². The third-order valence-electron chi connectivity index (χ3n) is 20.2. The van der Waals surface area contributed by atoms with E-state index in [0.717, 1.165) is 41.9 Å². The van der Waals surface area contributed by atoms with Gasteiger partial charge >= 0.3 is 0 Å². The van der Waals surface area contributed by atoms with Gasteiger partial charge in [-0.2, -0.15) is 0 Å². The third-order valence-corrected chi connectivity index (χ3v) is 21.5. The highest BCUT2D eigenvalue weighted by atomic mass is 32.1. The summed E-state index contributed by atoms with van der Waals surface area (Å²) in [4.78, 5) is 5.26. The first-order valence-electron chi connectivity index (χ1n) is 30.9. The molecule has 1 atom stereocenters. The van der Waals surface area contributed by atoms with Gasteiger partial charge in [-0.05, 0) is 193 Å². The van der Waals surface area contributed by atoms with Crippen molar-refractivity contribution in [2.24, 2.45) is 0 Å². The first-order chi connectivity index (χ1) is 39.9. The van der Waals surface area contributed by atoms with Crippen LogP contribution in [-0.2, 0) is 27.1 Å². The number of hydrogen-bond acceptors (Lipinski definition) is 3. The van der Waals surface area contributed by atoms with Crippen LogP contribution in [0.3, 0.4) is 0 Å². The highest BCUT2D eigenvalue weighted by Crippen LogP contribution is 2.53. The number of allylic oxidation sites excluding steroid dienone is 7. The maximum Gasteiger partial charge on any atom is 0.260 e. The van der Waals surface area contributed by atoms with E-state index in [1.54, 1.807) is 0 Å². The van der Waals surface area contributed by atoms with Gasteiger partial charge < -0.3 is 9.80 Å². The molecule has 0 bridgehead atoms. The summed E-state index contributed by atoms with van der Waals surface area (Å²) in [5, 5.41) is 1.28. The number of anilines is 3. The molecule has 3 heterocycles. The number of benzene rings is 7. The Morgan fingerprint density at radius 3 is 1.81 bits per heavy atom. The van der Waals surface area contributed by atoms with E-state index in [0.29, 0.717) is 0 Å². The second-order valence-corrected chi connectivity index (χ2v) is 30.1. The lowest BCUT2D eigenvalue weighted by Gasteiger charge is -2.46. The molecule has 2 aliphatic heterocycles. The van der Waals surface area contributed by atoms with E-state index in [4.69, 9.17) is 6.58 Å². The zero-order chi connectivity index (χ0) is 58.9. The molecular weight excluding hydrogens is 1030 g/mol. The molecule has 422 valence electrons. The van der Waals surface area contributed by atoms with Crippen molar-refractivity contribution >= 4 is 72.7 Å². The van der Waals surface area contributed by atoms with Gasteiger partial charge in [0.2, 0.25) is 0 Å². The molecule has 2 nitrogen and oxygen atoms in total. The van der Waals surface area contributed by atoms with E-state index in [-0.39, 0.29) is 33.8 Å². The summed E-state index contributed by atoms with van der Waals surface area (Å²) in [6.07, 6.45) is 17.8. The van der Waals surface area contributed by atoms with Crippen LogP contribution in [0.2, 0.25) is 0 Å². The van der Waals surface area contributed by atoms with Crippen molar-refractivity contribution in [3.63, 3.8) is 0 Å². The largest absolute Gasteiger partial charge is 0.336 e. The van der Waals surface area contributed by atoms with E-state index in [1.165, 1.54) is 117 Å². The Labute approximate surface area is 506 Å².